The van der Waals surface area contributed by atoms with E-state index in [2.05, 4.69) is 31.8 Å². The lowest BCUT2D eigenvalue weighted by Gasteiger charge is -2.13. The predicted molar refractivity (Wildman–Crippen MR) is 132 cm³/mol. The minimum Gasteiger partial charge on any atom is -0.495 e. The molecule has 4 rings (SSSR count). The average Bonchev–Trinajstić information content (AvgIpc) is 2.87. The summed E-state index contributed by atoms with van der Waals surface area (Å²) in [4.78, 5) is 19.3. The zero-order valence-electron chi connectivity index (χ0n) is 18.7. The monoisotopic (exact) mass is 488 g/mol. The number of carbonyl (C=O) groups is 1. The van der Waals surface area contributed by atoms with Crippen LogP contribution in [-0.4, -0.2) is 43.6 Å². The second-order valence-electron chi connectivity index (χ2n) is 7.24. The molecule has 0 aliphatic rings. The molecule has 2 aromatic carbocycles. The third-order valence-electron chi connectivity index (χ3n) is 5.10. The number of fused-ring (bicyclic) bond motifs is 1. The molecule has 10 heteroatoms. The number of hydrogen-bond acceptors (Lipinski definition) is 7. The summed E-state index contributed by atoms with van der Waals surface area (Å²) in [5.74, 6) is 4.84. The van der Waals surface area contributed by atoms with Crippen molar-refractivity contribution in [3.63, 3.8) is 0 Å². The number of ether oxygens (including phenoxy) is 1. The maximum Gasteiger partial charge on any atom is 0.354 e. The largest absolute Gasteiger partial charge is 0.495 e. The lowest BCUT2D eigenvalue weighted by Crippen LogP contribution is -2.14. The lowest BCUT2D eigenvalue weighted by atomic mass is 10.1. The number of carboxylic acids is 1. The molecule has 2 aromatic heterocycles. The van der Waals surface area contributed by atoms with Crippen LogP contribution in [-0.2, 0) is 10.0 Å². The van der Waals surface area contributed by atoms with Gasteiger partial charge >= 0.3 is 5.97 Å². The van der Waals surface area contributed by atoms with Crippen LogP contribution in [0.15, 0.2) is 71.9 Å². The van der Waals surface area contributed by atoms with Crippen molar-refractivity contribution in [1.29, 1.82) is 0 Å². The highest BCUT2D eigenvalue weighted by atomic mass is 32.2. The number of rotatable bonds is 6. The van der Waals surface area contributed by atoms with Crippen molar-refractivity contribution < 1.29 is 23.1 Å². The molecule has 0 atom stereocenters. The Kier molecular flexibility index (Phi) is 6.53. The van der Waals surface area contributed by atoms with E-state index in [4.69, 9.17) is 9.84 Å². The number of sulfonamides is 1. The van der Waals surface area contributed by atoms with Crippen molar-refractivity contribution in [2.75, 3.05) is 24.2 Å². The molecule has 0 radical (unpaired) electrons. The van der Waals surface area contributed by atoms with Crippen LogP contribution in [0.4, 0.5) is 11.4 Å². The summed E-state index contributed by atoms with van der Waals surface area (Å²) in [6.07, 6.45) is 2.84. The number of aromatic carboxylic acids is 1. The highest BCUT2D eigenvalue weighted by Crippen LogP contribution is 2.28. The quantitative estimate of drug-likeness (QED) is 0.351. The fourth-order valence-corrected chi connectivity index (χ4v) is 4.67. The molecule has 0 aliphatic heterocycles. The first-order valence-electron chi connectivity index (χ1n) is 10.3. The third kappa shape index (κ3) is 4.85. The summed E-state index contributed by atoms with van der Waals surface area (Å²) in [6.45, 7) is 0. The Morgan fingerprint density at radius 3 is 2.51 bits per heavy atom. The Hall–Kier alpha value is -4.62. The number of benzene rings is 2. The van der Waals surface area contributed by atoms with Crippen LogP contribution in [0.3, 0.4) is 0 Å². The molecule has 176 valence electrons. The summed E-state index contributed by atoms with van der Waals surface area (Å²) in [5, 5.41) is 12.8. The molecule has 0 amide bonds. The summed E-state index contributed by atoms with van der Waals surface area (Å²) in [5.41, 5.74) is 1.96. The first kappa shape index (κ1) is 23.5. The first-order chi connectivity index (χ1) is 16.8. The van der Waals surface area contributed by atoms with Gasteiger partial charge < -0.3 is 15.2 Å². The van der Waals surface area contributed by atoms with E-state index in [9.17, 15) is 13.2 Å². The van der Waals surface area contributed by atoms with Gasteiger partial charge in [-0.2, -0.15) is 0 Å². The van der Waals surface area contributed by atoms with Crippen LogP contribution in [0.5, 0.6) is 5.75 Å². The highest BCUT2D eigenvalue weighted by molar-refractivity contribution is 7.93. The second-order valence-corrected chi connectivity index (χ2v) is 8.89. The van der Waals surface area contributed by atoms with Crippen molar-refractivity contribution in [2.24, 2.45) is 0 Å². The summed E-state index contributed by atoms with van der Waals surface area (Å²) in [6, 6.07) is 14.7. The van der Waals surface area contributed by atoms with Crippen molar-refractivity contribution in [1.82, 2.24) is 9.97 Å². The van der Waals surface area contributed by atoms with Crippen molar-refractivity contribution in [3.8, 4) is 17.6 Å². The van der Waals surface area contributed by atoms with Crippen molar-refractivity contribution >= 4 is 38.3 Å². The minimum atomic E-state index is -4.01. The lowest BCUT2D eigenvalue weighted by molar-refractivity contribution is 0.0690. The van der Waals surface area contributed by atoms with Crippen LogP contribution in [0.25, 0.3) is 10.9 Å². The van der Waals surface area contributed by atoms with Crippen molar-refractivity contribution in [2.45, 2.75) is 4.90 Å². The van der Waals surface area contributed by atoms with Gasteiger partial charge in [-0.25, -0.2) is 18.2 Å². The fraction of sp³-hybridized carbons (Fsp3) is 0.0800. The van der Waals surface area contributed by atoms with Crippen LogP contribution in [0.2, 0.25) is 0 Å². The molecule has 9 nitrogen and oxygen atoms in total. The maximum atomic E-state index is 13.3. The molecule has 0 spiro atoms. The summed E-state index contributed by atoms with van der Waals surface area (Å²) >= 11 is 0. The number of anilines is 2. The molecule has 0 fully saturated rings. The average molecular weight is 489 g/mol. The van der Waals surface area contributed by atoms with Gasteiger partial charge in [0.25, 0.3) is 10.0 Å². The van der Waals surface area contributed by atoms with Gasteiger partial charge in [-0.1, -0.05) is 36.1 Å². The summed E-state index contributed by atoms with van der Waals surface area (Å²) < 4.78 is 34.5. The smallest absolute Gasteiger partial charge is 0.354 e. The van der Waals surface area contributed by atoms with Gasteiger partial charge in [0.1, 0.15) is 10.6 Å². The van der Waals surface area contributed by atoms with Crippen LogP contribution in [0.1, 0.15) is 21.6 Å². The molecule has 4 aromatic rings. The van der Waals surface area contributed by atoms with E-state index in [1.807, 2.05) is 0 Å². The molecule has 3 N–H and O–H groups in total. The first-order valence-corrected chi connectivity index (χ1v) is 11.8. The van der Waals surface area contributed by atoms with Crippen LogP contribution < -0.4 is 14.8 Å². The highest BCUT2D eigenvalue weighted by Gasteiger charge is 2.20. The molecular weight excluding hydrogens is 468 g/mol. The standard InChI is InChI=1S/C25H20N4O5S/c1-26-20-12-13-27-24-18(20)7-5-9-23(24)35(32,33)29-19-8-4-3-6-16(19)10-11-17-15-28-21(25(30)31)14-22(17)34-2/h3-9,12-15,29H,1-2H3,(H,26,27)(H,30,31). The minimum absolute atomic E-state index is 0.0324. The molecule has 0 bridgehead atoms. The zero-order chi connectivity index (χ0) is 25.0. The van der Waals surface area contributed by atoms with Gasteiger partial charge in [-0.05, 0) is 24.3 Å². The van der Waals surface area contributed by atoms with E-state index in [1.165, 1.54) is 25.4 Å². The summed E-state index contributed by atoms with van der Waals surface area (Å²) in [7, 11) is -0.861. The van der Waals surface area contributed by atoms with E-state index in [1.54, 1.807) is 55.7 Å². The van der Waals surface area contributed by atoms with Crippen molar-refractivity contribution in [3.05, 3.63) is 83.8 Å². The Morgan fingerprint density at radius 1 is 1.00 bits per heavy atom. The SMILES string of the molecule is CNc1ccnc2c(S(=O)(=O)Nc3ccccc3C#Cc3cnc(C(=O)O)cc3OC)cccc12. The normalized spacial score (nSPS) is 10.8. The molecule has 0 saturated heterocycles. The van der Waals surface area contributed by atoms with Gasteiger partial charge in [0.05, 0.1) is 23.9 Å². The number of carboxylic acid groups (broad SMARTS) is 1. The van der Waals surface area contributed by atoms with Gasteiger partial charge in [-0.3, -0.25) is 9.71 Å². The number of aromatic nitrogens is 2. The van der Waals surface area contributed by atoms with E-state index >= 15 is 0 Å². The number of hydrogen-bond donors (Lipinski definition) is 3. The topological polar surface area (TPSA) is 131 Å². The predicted octanol–water partition coefficient (Wildman–Crippen LogP) is 3.58. The molecular formula is C25H20N4O5S. The number of pyridine rings is 2. The molecule has 2 heterocycles. The van der Waals surface area contributed by atoms with Gasteiger partial charge in [-0.15, -0.1) is 0 Å². The third-order valence-corrected chi connectivity index (χ3v) is 6.50. The molecule has 0 unspecified atom stereocenters. The van der Waals surface area contributed by atoms with E-state index < -0.39 is 16.0 Å². The van der Waals surface area contributed by atoms with E-state index in [0.29, 0.717) is 22.0 Å². The molecule has 0 aliphatic carbocycles. The fourth-order valence-electron chi connectivity index (χ4n) is 3.42. The Bertz CT molecular complexity index is 1610. The zero-order valence-corrected chi connectivity index (χ0v) is 19.6. The number of nitrogens with one attached hydrogen (secondary N) is 2. The van der Waals surface area contributed by atoms with Gasteiger partial charge in [0.15, 0.2) is 5.69 Å². The Morgan fingerprint density at radius 2 is 1.77 bits per heavy atom. The molecule has 0 saturated carbocycles. The number of para-hydroxylation sites is 2. The van der Waals surface area contributed by atoms with Gasteiger partial charge in [0.2, 0.25) is 0 Å². The number of methoxy groups -OCH3 is 1. The second kappa shape index (κ2) is 9.70. The van der Waals surface area contributed by atoms with Crippen LogP contribution >= 0.6 is 0 Å². The van der Waals surface area contributed by atoms with Gasteiger partial charge in [0, 0.05) is 42.1 Å². The maximum absolute atomic E-state index is 13.3. The van der Waals surface area contributed by atoms with E-state index in [0.717, 1.165) is 5.69 Å². The van der Waals surface area contributed by atoms with E-state index in [-0.39, 0.29) is 22.0 Å². The number of nitrogens with zero attached hydrogens (tertiary/aromatic N) is 2. The Balaban J connectivity index is 1.72. The van der Waals surface area contributed by atoms with Crippen LogP contribution in [0, 0.1) is 11.8 Å². The molecule has 35 heavy (non-hydrogen) atoms. The Labute approximate surface area is 201 Å².